The average Bonchev–Trinajstić information content (AvgIpc) is 2.84. The number of benzene rings is 2. The number of aromatic nitrogens is 2. The molecule has 3 heterocycles. The van der Waals surface area contributed by atoms with Crippen LogP contribution in [0.15, 0.2) is 42.6 Å². The molecule has 35 heavy (non-hydrogen) atoms. The molecule has 0 bridgehead atoms. The Balaban J connectivity index is 1.13. The summed E-state index contributed by atoms with van der Waals surface area (Å²) in [7, 11) is -3.33. The van der Waals surface area contributed by atoms with E-state index in [0.29, 0.717) is 31.2 Å². The molecule has 1 fully saturated rings. The molecule has 186 valence electrons. The van der Waals surface area contributed by atoms with Gasteiger partial charge in [-0.05, 0) is 36.8 Å². The zero-order chi connectivity index (χ0) is 24.4. The third-order valence-electron chi connectivity index (χ3n) is 6.49. The zero-order valence-electron chi connectivity index (χ0n) is 20.2. The highest BCUT2D eigenvalue weighted by atomic mass is 32.2. The van der Waals surface area contributed by atoms with E-state index in [1.165, 1.54) is 10.6 Å². The number of ether oxygens (including phenoxy) is 2. The number of nitrogens with zero attached hydrogens (tertiary/aromatic N) is 5. The highest BCUT2D eigenvalue weighted by Crippen LogP contribution is 2.34. The summed E-state index contributed by atoms with van der Waals surface area (Å²) in [5.41, 5.74) is 2.63. The van der Waals surface area contributed by atoms with Crippen LogP contribution in [0.2, 0.25) is 0 Å². The number of sulfonamides is 1. The molecule has 10 heteroatoms. The number of anilines is 1. The van der Waals surface area contributed by atoms with Crippen LogP contribution in [0.1, 0.15) is 11.4 Å². The fourth-order valence-corrected chi connectivity index (χ4v) is 5.55. The fraction of sp³-hybridized carbons (Fsp3) is 0.440. The van der Waals surface area contributed by atoms with E-state index in [9.17, 15) is 8.42 Å². The summed E-state index contributed by atoms with van der Waals surface area (Å²) < 4.78 is 37.5. The van der Waals surface area contributed by atoms with Crippen molar-refractivity contribution < 1.29 is 17.9 Å². The molecule has 0 N–H and O–H groups in total. The lowest BCUT2D eigenvalue weighted by atomic mass is 10.1. The molecule has 1 aromatic heterocycles. The van der Waals surface area contributed by atoms with E-state index in [4.69, 9.17) is 9.47 Å². The Hall–Kier alpha value is -2.95. The smallest absolute Gasteiger partial charge is 0.232 e. The fourth-order valence-electron chi connectivity index (χ4n) is 4.64. The van der Waals surface area contributed by atoms with E-state index >= 15 is 0 Å². The van der Waals surface area contributed by atoms with E-state index in [0.717, 1.165) is 67.3 Å². The van der Waals surface area contributed by atoms with Gasteiger partial charge in [0.2, 0.25) is 10.0 Å². The number of rotatable bonds is 7. The maximum absolute atomic E-state index is 12.2. The minimum atomic E-state index is -3.33. The van der Waals surface area contributed by atoms with E-state index in [-0.39, 0.29) is 0 Å². The number of hydrogen-bond donors (Lipinski definition) is 0. The number of piperazine rings is 1. The van der Waals surface area contributed by atoms with Crippen LogP contribution in [-0.4, -0.2) is 86.9 Å². The second-order valence-corrected chi connectivity index (χ2v) is 11.0. The molecule has 0 amide bonds. The molecule has 0 atom stereocenters. The SMILES string of the molecule is Cc1ncc2c(OCCN3CCN(Cc4ccc5c(c4)N(S(C)(=O)=O)CCO5)CC3)cccc2n1. The van der Waals surface area contributed by atoms with Gasteiger partial charge >= 0.3 is 0 Å². The zero-order valence-corrected chi connectivity index (χ0v) is 21.0. The maximum Gasteiger partial charge on any atom is 0.232 e. The van der Waals surface area contributed by atoms with Crippen molar-refractivity contribution in [3.63, 3.8) is 0 Å². The van der Waals surface area contributed by atoms with Gasteiger partial charge < -0.3 is 9.47 Å². The van der Waals surface area contributed by atoms with Crippen LogP contribution >= 0.6 is 0 Å². The van der Waals surface area contributed by atoms with Gasteiger partial charge in [0.05, 0.1) is 29.4 Å². The summed E-state index contributed by atoms with van der Waals surface area (Å²) in [4.78, 5) is 13.6. The summed E-state index contributed by atoms with van der Waals surface area (Å²) in [6.45, 7) is 8.68. The first-order chi connectivity index (χ1) is 16.9. The van der Waals surface area contributed by atoms with Gasteiger partial charge in [-0.3, -0.25) is 14.1 Å². The Labute approximate surface area is 206 Å². The molecule has 0 saturated carbocycles. The Morgan fingerprint density at radius 3 is 2.66 bits per heavy atom. The summed E-state index contributed by atoms with van der Waals surface area (Å²) in [6.07, 6.45) is 3.07. The minimum Gasteiger partial charge on any atom is -0.491 e. The second-order valence-electron chi connectivity index (χ2n) is 9.06. The van der Waals surface area contributed by atoms with Crippen molar-refractivity contribution in [3.05, 3.63) is 54.0 Å². The number of aryl methyl sites for hydroxylation is 1. The molecule has 0 unspecified atom stereocenters. The highest BCUT2D eigenvalue weighted by molar-refractivity contribution is 7.92. The molecule has 0 aliphatic carbocycles. The highest BCUT2D eigenvalue weighted by Gasteiger charge is 2.26. The lowest BCUT2D eigenvalue weighted by Crippen LogP contribution is -2.47. The first kappa shape index (κ1) is 23.8. The van der Waals surface area contributed by atoms with Gasteiger partial charge in [0, 0.05) is 45.5 Å². The molecule has 2 aliphatic rings. The van der Waals surface area contributed by atoms with Crippen molar-refractivity contribution in [3.8, 4) is 11.5 Å². The van der Waals surface area contributed by atoms with Crippen LogP contribution in [-0.2, 0) is 16.6 Å². The van der Waals surface area contributed by atoms with Crippen molar-refractivity contribution in [1.29, 1.82) is 0 Å². The maximum atomic E-state index is 12.2. The normalized spacial score (nSPS) is 17.3. The average molecular weight is 498 g/mol. The Morgan fingerprint density at radius 1 is 1.06 bits per heavy atom. The third kappa shape index (κ3) is 5.50. The lowest BCUT2D eigenvalue weighted by molar-refractivity contribution is 0.113. The second kappa shape index (κ2) is 9.96. The van der Waals surface area contributed by atoms with Crippen molar-refractivity contribution in [2.75, 3.05) is 63.0 Å². The van der Waals surface area contributed by atoms with Gasteiger partial charge in [-0.2, -0.15) is 0 Å². The summed E-state index contributed by atoms with van der Waals surface area (Å²) in [5, 5.41) is 0.938. The number of hydrogen-bond acceptors (Lipinski definition) is 8. The van der Waals surface area contributed by atoms with Gasteiger partial charge in [-0.25, -0.2) is 18.4 Å². The van der Waals surface area contributed by atoms with E-state index in [2.05, 4.69) is 19.8 Å². The van der Waals surface area contributed by atoms with Crippen molar-refractivity contribution in [2.45, 2.75) is 13.5 Å². The molecule has 0 radical (unpaired) electrons. The van der Waals surface area contributed by atoms with Gasteiger partial charge in [0.25, 0.3) is 0 Å². The summed E-state index contributed by atoms with van der Waals surface area (Å²) >= 11 is 0. The van der Waals surface area contributed by atoms with Crippen LogP contribution in [0.5, 0.6) is 11.5 Å². The summed E-state index contributed by atoms with van der Waals surface area (Å²) in [6, 6.07) is 11.8. The molecular weight excluding hydrogens is 466 g/mol. The first-order valence-corrected chi connectivity index (χ1v) is 13.7. The molecule has 3 aromatic rings. The minimum absolute atomic E-state index is 0.349. The molecule has 9 nitrogen and oxygen atoms in total. The Bertz CT molecular complexity index is 1310. The molecule has 5 rings (SSSR count). The predicted octanol–water partition coefficient (Wildman–Crippen LogP) is 2.29. The first-order valence-electron chi connectivity index (χ1n) is 11.9. The van der Waals surface area contributed by atoms with Crippen molar-refractivity contribution >= 4 is 26.6 Å². The Kier molecular flexibility index (Phi) is 6.77. The molecule has 2 aliphatic heterocycles. The van der Waals surface area contributed by atoms with E-state index < -0.39 is 10.0 Å². The molecule has 0 spiro atoms. The number of fused-ring (bicyclic) bond motifs is 2. The van der Waals surface area contributed by atoms with E-state index in [1.807, 2.05) is 49.5 Å². The lowest BCUT2D eigenvalue weighted by Gasteiger charge is -2.35. The van der Waals surface area contributed by atoms with Crippen LogP contribution < -0.4 is 13.8 Å². The van der Waals surface area contributed by atoms with Gasteiger partial charge in [0.15, 0.2) is 0 Å². The van der Waals surface area contributed by atoms with Gasteiger partial charge in [-0.1, -0.05) is 12.1 Å². The van der Waals surface area contributed by atoms with Crippen molar-refractivity contribution in [1.82, 2.24) is 19.8 Å². The standard InChI is InChI=1S/C25H31N5O4S/c1-19-26-17-21-22(27-19)4-3-5-24(21)33-14-12-28-8-10-29(11-9-28)18-20-6-7-25-23(16-20)30(13-15-34-25)35(2,31)32/h3-7,16-17H,8-15,18H2,1-2H3. The molecule has 2 aromatic carbocycles. The van der Waals surface area contributed by atoms with Crippen LogP contribution in [0.25, 0.3) is 10.9 Å². The largest absolute Gasteiger partial charge is 0.491 e. The van der Waals surface area contributed by atoms with Crippen LogP contribution in [0.3, 0.4) is 0 Å². The van der Waals surface area contributed by atoms with Crippen molar-refractivity contribution in [2.24, 2.45) is 0 Å². The van der Waals surface area contributed by atoms with Gasteiger partial charge in [0.1, 0.15) is 30.5 Å². The molecular formula is C25H31N5O4S. The predicted molar refractivity (Wildman–Crippen MR) is 136 cm³/mol. The van der Waals surface area contributed by atoms with Crippen LogP contribution in [0, 0.1) is 6.92 Å². The quantitative estimate of drug-likeness (QED) is 0.491. The molecule has 1 saturated heterocycles. The van der Waals surface area contributed by atoms with Crippen LogP contribution in [0.4, 0.5) is 5.69 Å². The Morgan fingerprint density at radius 2 is 1.86 bits per heavy atom. The third-order valence-corrected chi connectivity index (χ3v) is 7.67. The van der Waals surface area contributed by atoms with Gasteiger partial charge in [-0.15, -0.1) is 0 Å². The van der Waals surface area contributed by atoms with E-state index in [1.54, 1.807) is 0 Å². The topological polar surface area (TPSA) is 88.1 Å². The monoisotopic (exact) mass is 497 g/mol. The summed E-state index contributed by atoms with van der Waals surface area (Å²) in [5.74, 6) is 2.20.